The molecule has 0 aliphatic heterocycles. The zero-order valence-corrected chi connectivity index (χ0v) is 19.0. The Labute approximate surface area is 189 Å². The zero-order valence-electron chi connectivity index (χ0n) is 16.6. The molecule has 0 bridgehead atoms. The topological polar surface area (TPSA) is 88.2 Å². The van der Waals surface area contributed by atoms with Crippen LogP contribution in [0.15, 0.2) is 65.6 Å². The Bertz CT molecular complexity index is 1400. The van der Waals surface area contributed by atoms with Crippen molar-refractivity contribution >= 4 is 59.9 Å². The summed E-state index contributed by atoms with van der Waals surface area (Å²) >= 11 is 7.16. The fourth-order valence-corrected chi connectivity index (χ4v) is 5.45. The molecule has 0 aliphatic rings. The maximum absolute atomic E-state index is 12.7. The quantitative estimate of drug-likeness (QED) is 0.395. The second-order valence-corrected chi connectivity index (χ2v) is 10.2. The van der Waals surface area contributed by atoms with E-state index in [9.17, 15) is 13.2 Å². The lowest BCUT2D eigenvalue weighted by Crippen LogP contribution is -2.12. The highest BCUT2D eigenvalue weighted by Crippen LogP contribution is 2.32. The third-order valence-corrected chi connectivity index (χ3v) is 7.22. The molecule has 3 aromatic carbocycles. The maximum Gasteiger partial charge on any atom is 0.263 e. The van der Waals surface area contributed by atoms with Gasteiger partial charge in [0.2, 0.25) is 0 Å². The molecular weight excluding hydrogens is 454 g/mol. The smallest absolute Gasteiger partial charge is 0.263 e. The van der Waals surface area contributed by atoms with Crippen LogP contribution in [-0.4, -0.2) is 19.3 Å². The number of carbonyl (C=O) groups is 1. The number of rotatable bonds is 5. The summed E-state index contributed by atoms with van der Waals surface area (Å²) in [7, 11) is -3.74. The van der Waals surface area contributed by atoms with Crippen LogP contribution in [0.25, 0.3) is 10.2 Å². The van der Waals surface area contributed by atoms with Crippen molar-refractivity contribution in [2.45, 2.75) is 18.7 Å². The first-order valence-electron chi connectivity index (χ1n) is 9.29. The minimum absolute atomic E-state index is 0.170. The number of sulfonamides is 1. The van der Waals surface area contributed by atoms with Crippen LogP contribution < -0.4 is 10.0 Å². The van der Waals surface area contributed by atoms with Crippen molar-refractivity contribution in [3.63, 3.8) is 0 Å². The van der Waals surface area contributed by atoms with Gasteiger partial charge in [0.1, 0.15) is 0 Å². The summed E-state index contributed by atoms with van der Waals surface area (Å²) in [6.45, 7) is 3.75. The van der Waals surface area contributed by atoms with Gasteiger partial charge >= 0.3 is 0 Å². The van der Waals surface area contributed by atoms with Gasteiger partial charge in [-0.05, 0) is 61.9 Å². The molecule has 4 aromatic rings. The number of amides is 1. The molecule has 9 heteroatoms. The minimum atomic E-state index is -3.74. The first kappa shape index (κ1) is 21.3. The number of hydrogen-bond acceptors (Lipinski definition) is 5. The van der Waals surface area contributed by atoms with Gasteiger partial charge in [0.25, 0.3) is 15.9 Å². The number of halogens is 1. The van der Waals surface area contributed by atoms with Crippen molar-refractivity contribution in [3.8, 4) is 0 Å². The molecule has 1 heterocycles. The lowest BCUT2D eigenvalue weighted by Gasteiger charge is -2.07. The molecule has 0 saturated heterocycles. The molecule has 0 atom stereocenters. The number of nitrogens with one attached hydrogen (secondary N) is 2. The van der Waals surface area contributed by atoms with Crippen LogP contribution in [-0.2, 0) is 10.0 Å². The number of fused-ring (bicyclic) bond motifs is 1. The molecule has 31 heavy (non-hydrogen) atoms. The molecule has 1 amide bonds. The summed E-state index contributed by atoms with van der Waals surface area (Å²) in [5.74, 6) is -0.286. The number of aromatic nitrogens is 1. The molecule has 0 spiro atoms. The van der Waals surface area contributed by atoms with Gasteiger partial charge in [-0.3, -0.25) is 9.52 Å². The van der Waals surface area contributed by atoms with Gasteiger partial charge in [0.15, 0.2) is 5.13 Å². The average molecular weight is 472 g/mol. The van der Waals surface area contributed by atoms with E-state index in [0.717, 1.165) is 15.8 Å². The van der Waals surface area contributed by atoms with Crippen molar-refractivity contribution in [2.24, 2.45) is 0 Å². The monoisotopic (exact) mass is 471 g/mol. The lowest BCUT2D eigenvalue weighted by atomic mass is 10.1. The van der Waals surface area contributed by atoms with Crippen LogP contribution in [0.4, 0.5) is 10.8 Å². The SMILES string of the molecule is Cc1ccc(S(=O)(=O)Nc2nc3c(C)cc(NC(=O)c4cccc(Cl)c4)cc3s2)cc1. The highest BCUT2D eigenvalue weighted by Gasteiger charge is 2.18. The fourth-order valence-electron chi connectivity index (χ4n) is 3.04. The Hall–Kier alpha value is -2.94. The van der Waals surface area contributed by atoms with Crippen LogP contribution >= 0.6 is 22.9 Å². The summed E-state index contributed by atoms with van der Waals surface area (Å²) in [6.07, 6.45) is 0. The highest BCUT2D eigenvalue weighted by atomic mass is 35.5. The Kier molecular flexibility index (Phi) is 5.70. The second-order valence-electron chi connectivity index (χ2n) is 7.04. The summed E-state index contributed by atoms with van der Waals surface area (Å²) in [6, 6.07) is 16.8. The van der Waals surface area contributed by atoms with Crippen molar-refractivity contribution in [3.05, 3.63) is 82.4 Å². The van der Waals surface area contributed by atoms with E-state index < -0.39 is 10.0 Å². The van der Waals surface area contributed by atoms with Crippen LogP contribution in [0.1, 0.15) is 21.5 Å². The number of hydrogen-bond donors (Lipinski definition) is 2. The molecule has 2 N–H and O–H groups in total. The highest BCUT2D eigenvalue weighted by molar-refractivity contribution is 7.93. The summed E-state index contributed by atoms with van der Waals surface area (Å²) in [4.78, 5) is 17.1. The molecule has 0 aliphatic carbocycles. The molecule has 0 fully saturated rings. The van der Waals surface area contributed by atoms with Crippen molar-refractivity contribution in [1.29, 1.82) is 0 Å². The summed E-state index contributed by atoms with van der Waals surface area (Å²) in [5, 5.41) is 3.59. The van der Waals surface area contributed by atoms with Crippen molar-refractivity contribution in [1.82, 2.24) is 4.98 Å². The Morgan fingerprint density at radius 1 is 1.03 bits per heavy atom. The van der Waals surface area contributed by atoms with Crippen molar-refractivity contribution < 1.29 is 13.2 Å². The number of aryl methyl sites for hydroxylation is 2. The van der Waals surface area contributed by atoms with Gasteiger partial charge < -0.3 is 5.32 Å². The Balaban J connectivity index is 1.60. The van der Waals surface area contributed by atoms with Gasteiger partial charge in [0.05, 0.1) is 15.1 Å². The number of anilines is 2. The molecule has 6 nitrogen and oxygen atoms in total. The molecule has 0 saturated carbocycles. The summed E-state index contributed by atoms with van der Waals surface area (Å²) < 4.78 is 28.6. The van der Waals surface area contributed by atoms with Gasteiger partial charge in [-0.25, -0.2) is 13.4 Å². The molecule has 4 rings (SSSR count). The first-order valence-corrected chi connectivity index (χ1v) is 12.0. The van der Waals surface area contributed by atoms with E-state index in [4.69, 9.17) is 11.6 Å². The lowest BCUT2D eigenvalue weighted by molar-refractivity contribution is 0.102. The predicted molar refractivity (Wildman–Crippen MR) is 126 cm³/mol. The first-order chi connectivity index (χ1) is 14.7. The molecule has 0 unspecified atom stereocenters. The van der Waals surface area contributed by atoms with E-state index in [0.29, 0.717) is 21.8 Å². The zero-order chi connectivity index (χ0) is 22.2. The Morgan fingerprint density at radius 2 is 1.77 bits per heavy atom. The van der Waals surface area contributed by atoms with Gasteiger partial charge in [0, 0.05) is 16.3 Å². The van der Waals surface area contributed by atoms with Crippen LogP contribution in [0, 0.1) is 13.8 Å². The standard InChI is InChI=1S/C22H18ClN3O3S2/c1-13-6-8-18(9-7-13)31(28,29)26-22-25-20-14(2)10-17(12-19(20)30-22)24-21(27)15-4-3-5-16(23)11-15/h3-12H,1-2H3,(H,24,27)(H,25,26). The average Bonchev–Trinajstić information content (AvgIpc) is 3.10. The van der Waals surface area contributed by atoms with Gasteiger partial charge in [-0.15, -0.1) is 0 Å². The number of thiazole rings is 1. The van der Waals surface area contributed by atoms with Crippen LogP contribution in [0.5, 0.6) is 0 Å². The largest absolute Gasteiger partial charge is 0.322 e. The van der Waals surface area contributed by atoms with E-state index in [1.54, 1.807) is 60.7 Å². The van der Waals surface area contributed by atoms with Crippen LogP contribution in [0.2, 0.25) is 5.02 Å². The minimum Gasteiger partial charge on any atom is -0.322 e. The summed E-state index contributed by atoms with van der Waals surface area (Å²) in [5.41, 5.74) is 3.50. The molecule has 0 radical (unpaired) electrons. The van der Waals surface area contributed by atoms with E-state index in [2.05, 4.69) is 15.0 Å². The van der Waals surface area contributed by atoms with E-state index >= 15 is 0 Å². The van der Waals surface area contributed by atoms with E-state index in [-0.39, 0.29) is 15.9 Å². The second kappa shape index (κ2) is 8.30. The maximum atomic E-state index is 12.7. The normalized spacial score (nSPS) is 11.5. The number of benzene rings is 3. The number of carbonyl (C=O) groups excluding carboxylic acids is 1. The van der Waals surface area contributed by atoms with Crippen LogP contribution in [0.3, 0.4) is 0 Å². The fraction of sp³-hybridized carbons (Fsp3) is 0.0909. The van der Waals surface area contributed by atoms with Gasteiger partial charge in [-0.2, -0.15) is 0 Å². The third-order valence-electron chi connectivity index (χ3n) is 4.58. The predicted octanol–water partition coefficient (Wildman–Crippen LogP) is 5.62. The van der Waals surface area contributed by atoms with E-state index in [1.165, 1.54) is 11.3 Å². The molecule has 158 valence electrons. The molecule has 1 aromatic heterocycles. The Morgan fingerprint density at radius 3 is 2.48 bits per heavy atom. The van der Waals surface area contributed by atoms with Gasteiger partial charge in [-0.1, -0.05) is 46.7 Å². The third kappa shape index (κ3) is 4.71. The number of nitrogens with zero attached hydrogens (tertiary/aromatic N) is 1. The van der Waals surface area contributed by atoms with E-state index in [1.807, 2.05) is 13.8 Å². The molecular formula is C22H18ClN3O3S2. The van der Waals surface area contributed by atoms with Crippen molar-refractivity contribution in [2.75, 3.05) is 10.0 Å².